The van der Waals surface area contributed by atoms with Crippen LogP contribution in [0.25, 0.3) is 44.1 Å². The highest BCUT2D eigenvalue weighted by molar-refractivity contribution is 5.98. The van der Waals surface area contributed by atoms with E-state index in [1.807, 2.05) is 0 Å². The number of fused-ring (bicyclic) bond motifs is 6. The molecule has 0 aliphatic carbocycles. The fraction of sp³-hybridized carbons (Fsp3) is 0.0741. The molecule has 28 heavy (non-hydrogen) atoms. The van der Waals surface area contributed by atoms with Gasteiger partial charge in [-0.3, -0.25) is 0 Å². The second-order valence-corrected chi connectivity index (χ2v) is 7.67. The summed E-state index contributed by atoms with van der Waals surface area (Å²) >= 11 is 0. The van der Waals surface area contributed by atoms with Crippen molar-refractivity contribution < 1.29 is 4.57 Å². The third-order valence-corrected chi connectivity index (χ3v) is 6.08. The standard InChI is InChI=1S/C27H20N/c1-18-26(19-9-3-2-4-10-19)23-13-7-8-14-25(23)28-17-22-15-20-11-5-6-12-21(20)16-24(22)27(18)28/h2-16H,17H2,1H3/q+1. The maximum absolute atomic E-state index is 2.50. The predicted octanol–water partition coefficient (Wildman–Crippen LogP) is 6.28. The van der Waals surface area contributed by atoms with Crippen molar-refractivity contribution in [2.75, 3.05) is 0 Å². The minimum Gasteiger partial charge on any atom is -0.187 e. The summed E-state index contributed by atoms with van der Waals surface area (Å²) in [7, 11) is 0. The van der Waals surface area contributed by atoms with Gasteiger partial charge in [-0.15, -0.1) is 0 Å². The van der Waals surface area contributed by atoms with E-state index in [0.717, 1.165) is 6.54 Å². The van der Waals surface area contributed by atoms with Gasteiger partial charge in [-0.05, 0) is 41.5 Å². The number of aromatic nitrogens is 1. The molecule has 0 spiro atoms. The Kier molecular flexibility index (Phi) is 3.21. The Balaban J connectivity index is 1.75. The van der Waals surface area contributed by atoms with Crippen molar-refractivity contribution in [3.05, 3.63) is 102 Å². The molecule has 0 saturated heterocycles. The van der Waals surface area contributed by atoms with Crippen molar-refractivity contribution in [1.82, 2.24) is 0 Å². The zero-order valence-electron chi connectivity index (χ0n) is 15.8. The normalized spacial score (nSPS) is 12.3. The lowest BCUT2D eigenvalue weighted by Crippen LogP contribution is -2.34. The first-order valence-electron chi connectivity index (χ1n) is 9.84. The van der Waals surface area contributed by atoms with Crippen LogP contribution in [0.5, 0.6) is 0 Å². The number of rotatable bonds is 1. The van der Waals surface area contributed by atoms with Crippen LogP contribution < -0.4 is 4.57 Å². The van der Waals surface area contributed by atoms with Crippen LogP contribution in [-0.4, -0.2) is 0 Å². The van der Waals surface area contributed by atoms with E-state index in [-0.39, 0.29) is 0 Å². The molecule has 0 bridgehead atoms. The lowest BCUT2D eigenvalue weighted by molar-refractivity contribution is -0.645. The molecule has 0 atom stereocenters. The van der Waals surface area contributed by atoms with Gasteiger partial charge in [0.2, 0.25) is 11.2 Å². The van der Waals surface area contributed by atoms with Gasteiger partial charge in [0.25, 0.3) is 0 Å². The first kappa shape index (κ1) is 15.6. The van der Waals surface area contributed by atoms with Gasteiger partial charge in [-0.2, -0.15) is 4.57 Å². The molecule has 0 saturated carbocycles. The maximum Gasteiger partial charge on any atom is 0.217 e. The van der Waals surface area contributed by atoms with Gasteiger partial charge in [-0.25, -0.2) is 0 Å². The molecule has 132 valence electrons. The van der Waals surface area contributed by atoms with Crippen LogP contribution in [0.2, 0.25) is 0 Å². The van der Waals surface area contributed by atoms with Crippen LogP contribution in [0, 0.1) is 6.92 Å². The van der Waals surface area contributed by atoms with Gasteiger partial charge in [-0.1, -0.05) is 66.7 Å². The maximum atomic E-state index is 2.50. The molecule has 6 rings (SSSR count). The zero-order valence-corrected chi connectivity index (χ0v) is 15.8. The molecule has 0 fully saturated rings. The van der Waals surface area contributed by atoms with Crippen molar-refractivity contribution in [2.24, 2.45) is 0 Å². The van der Waals surface area contributed by atoms with E-state index in [1.165, 1.54) is 55.2 Å². The molecule has 0 N–H and O–H groups in total. The highest BCUT2D eigenvalue weighted by Crippen LogP contribution is 2.40. The first-order valence-corrected chi connectivity index (χ1v) is 9.84. The summed E-state index contributed by atoms with van der Waals surface area (Å²) in [4.78, 5) is 0. The predicted molar refractivity (Wildman–Crippen MR) is 116 cm³/mol. The van der Waals surface area contributed by atoms with Crippen LogP contribution in [0.3, 0.4) is 0 Å². The van der Waals surface area contributed by atoms with Gasteiger partial charge >= 0.3 is 0 Å². The van der Waals surface area contributed by atoms with Gasteiger partial charge in [0.1, 0.15) is 0 Å². The van der Waals surface area contributed by atoms with Gasteiger partial charge < -0.3 is 0 Å². The van der Waals surface area contributed by atoms with Crippen LogP contribution >= 0.6 is 0 Å². The molecule has 0 unspecified atom stereocenters. The third kappa shape index (κ3) is 2.10. The topological polar surface area (TPSA) is 3.88 Å². The fourth-order valence-corrected chi connectivity index (χ4v) is 4.86. The average molecular weight is 358 g/mol. The number of hydrogen-bond acceptors (Lipinski definition) is 0. The fourth-order valence-electron chi connectivity index (χ4n) is 4.86. The van der Waals surface area contributed by atoms with E-state index >= 15 is 0 Å². The Morgan fingerprint density at radius 3 is 2.21 bits per heavy atom. The quantitative estimate of drug-likeness (QED) is 0.304. The average Bonchev–Trinajstić information content (AvgIpc) is 3.12. The number of benzene rings is 4. The second-order valence-electron chi connectivity index (χ2n) is 7.67. The van der Waals surface area contributed by atoms with Crippen molar-refractivity contribution in [2.45, 2.75) is 13.5 Å². The number of pyridine rings is 1. The van der Waals surface area contributed by atoms with E-state index in [4.69, 9.17) is 0 Å². The molecular formula is C27H20N+. The first-order chi connectivity index (χ1) is 13.8. The van der Waals surface area contributed by atoms with Gasteiger partial charge in [0.05, 0.1) is 10.9 Å². The summed E-state index contributed by atoms with van der Waals surface area (Å²) in [5.74, 6) is 0. The SMILES string of the molecule is Cc1c(-c2ccccc2)c2ccccc2[n+]2c1-c1cc3ccccc3cc1C2. The summed E-state index contributed by atoms with van der Waals surface area (Å²) in [6.45, 7) is 3.22. The monoisotopic (exact) mass is 358 g/mol. The van der Waals surface area contributed by atoms with E-state index in [0.29, 0.717) is 0 Å². The molecule has 0 amide bonds. The van der Waals surface area contributed by atoms with Crippen LogP contribution in [0.15, 0.2) is 91.0 Å². The van der Waals surface area contributed by atoms with Crippen LogP contribution in [0.4, 0.5) is 0 Å². The molecular weight excluding hydrogens is 338 g/mol. The van der Waals surface area contributed by atoms with Gasteiger partial charge in [0.15, 0.2) is 6.54 Å². The second kappa shape index (κ2) is 5.77. The van der Waals surface area contributed by atoms with E-state index in [9.17, 15) is 0 Å². The van der Waals surface area contributed by atoms with Crippen LogP contribution in [-0.2, 0) is 6.54 Å². The summed E-state index contributed by atoms with van der Waals surface area (Å²) in [5.41, 5.74) is 9.45. The number of nitrogens with zero attached hydrogens (tertiary/aromatic N) is 1. The van der Waals surface area contributed by atoms with E-state index < -0.39 is 0 Å². The zero-order chi connectivity index (χ0) is 18.7. The number of hydrogen-bond donors (Lipinski definition) is 0. The third-order valence-electron chi connectivity index (χ3n) is 6.08. The molecule has 1 heteroatoms. The Morgan fingerprint density at radius 1 is 0.714 bits per heavy atom. The van der Waals surface area contributed by atoms with Gasteiger partial charge in [0, 0.05) is 22.8 Å². The molecule has 4 aromatic carbocycles. The highest BCUT2D eigenvalue weighted by atomic mass is 15.0. The lowest BCUT2D eigenvalue weighted by Gasteiger charge is -2.12. The van der Waals surface area contributed by atoms with Crippen molar-refractivity contribution in [3.63, 3.8) is 0 Å². The molecule has 0 radical (unpaired) electrons. The summed E-state index contributed by atoms with van der Waals surface area (Å²) in [6.07, 6.45) is 0. The van der Waals surface area contributed by atoms with E-state index in [1.54, 1.807) is 0 Å². The van der Waals surface area contributed by atoms with E-state index in [2.05, 4.69) is 102 Å². The minimum atomic E-state index is 0.936. The largest absolute Gasteiger partial charge is 0.217 e. The summed E-state index contributed by atoms with van der Waals surface area (Å²) in [6, 6.07) is 33.0. The lowest BCUT2D eigenvalue weighted by atomic mass is 9.92. The number of para-hydroxylation sites is 1. The Morgan fingerprint density at radius 2 is 1.39 bits per heavy atom. The molecule has 1 aliphatic heterocycles. The Bertz CT molecular complexity index is 1380. The molecule has 1 nitrogen and oxygen atoms in total. The van der Waals surface area contributed by atoms with Crippen molar-refractivity contribution in [1.29, 1.82) is 0 Å². The Hall–Kier alpha value is -3.45. The van der Waals surface area contributed by atoms with Crippen LogP contribution in [0.1, 0.15) is 11.1 Å². The van der Waals surface area contributed by atoms with Crippen molar-refractivity contribution >= 4 is 21.7 Å². The van der Waals surface area contributed by atoms with Crippen molar-refractivity contribution in [3.8, 4) is 22.4 Å². The molecule has 1 aromatic heterocycles. The molecule has 5 aromatic rings. The summed E-state index contributed by atoms with van der Waals surface area (Å²) < 4.78 is 2.50. The molecule has 2 heterocycles. The smallest absolute Gasteiger partial charge is 0.187 e. The molecule has 1 aliphatic rings. The summed E-state index contributed by atoms with van der Waals surface area (Å²) in [5, 5.41) is 3.95. The highest BCUT2D eigenvalue weighted by Gasteiger charge is 2.33. The Labute approximate surface area is 164 Å². The minimum absolute atomic E-state index is 0.936.